The van der Waals surface area contributed by atoms with E-state index in [0.717, 1.165) is 36.4 Å². The summed E-state index contributed by atoms with van der Waals surface area (Å²) in [5.41, 5.74) is -1.50. The molecule has 0 spiro atoms. The second-order valence-electron chi connectivity index (χ2n) is 10.9. The molecule has 0 saturated carbocycles. The zero-order valence-corrected chi connectivity index (χ0v) is 32.0. The molecule has 0 unspecified atom stereocenters. The second kappa shape index (κ2) is 15.5. The van der Waals surface area contributed by atoms with Gasteiger partial charge in [-0.05, 0) is 77.7 Å². The number of nitrogens with one attached hydrogen (secondary N) is 2. The van der Waals surface area contributed by atoms with Crippen molar-refractivity contribution in [3.05, 3.63) is 72.0 Å². The zero-order valence-electron chi connectivity index (χ0n) is 27.1. The Morgan fingerprint density at radius 3 is 1.89 bits per heavy atom. The fourth-order valence-corrected chi connectivity index (χ4v) is 8.00. The predicted octanol–water partition coefficient (Wildman–Crippen LogP) is 3.62. The highest BCUT2D eigenvalue weighted by Crippen LogP contribution is 2.45. The van der Waals surface area contributed by atoms with E-state index >= 15 is 0 Å². The lowest BCUT2D eigenvalue weighted by molar-refractivity contribution is 0.284. The molecule has 5 aromatic rings. The summed E-state index contributed by atoms with van der Waals surface area (Å²) in [6, 6.07) is 11.1. The van der Waals surface area contributed by atoms with E-state index in [-0.39, 0.29) is 17.3 Å². The molecular weight excluding hydrogens is 874 g/mol. The third-order valence-electron chi connectivity index (χ3n) is 6.99. The first kappa shape index (κ1) is 42.1. The SMILES string of the molecule is O=S(=O)(O)OCCS(=O)(=O)c1cccc(N=Nc2c(S(=O)(=O)O)cc3cc(S(=O)(=O)O)cc(Nc4nc(Cl)nc(Nc5ccc(S(=O)(=O)O)cc5)n4)c3c2O)c1. The fourth-order valence-electron chi connectivity index (χ4n) is 4.64. The largest absolute Gasteiger partial charge is 0.505 e. The molecule has 0 bridgehead atoms. The zero-order chi connectivity index (χ0) is 41.4. The highest BCUT2D eigenvalue weighted by molar-refractivity contribution is 7.91. The van der Waals surface area contributed by atoms with Gasteiger partial charge in [-0.15, -0.1) is 5.11 Å². The van der Waals surface area contributed by atoms with Gasteiger partial charge in [0.1, 0.15) is 10.6 Å². The van der Waals surface area contributed by atoms with Crippen molar-refractivity contribution in [3.63, 3.8) is 0 Å². The Balaban J connectivity index is 1.60. The second-order valence-corrected chi connectivity index (χ2v) is 18.6. The first-order chi connectivity index (χ1) is 25.8. The number of fused-ring (bicyclic) bond motifs is 1. The number of nitrogens with zero attached hydrogens (tertiary/aromatic N) is 5. The maximum Gasteiger partial charge on any atom is 0.397 e. The molecule has 1 aromatic heterocycles. The number of anilines is 4. The summed E-state index contributed by atoms with van der Waals surface area (Å²) >= 11 is 6.06. The van der Waals surface area contributed by atoms with Crippen LogP contribution in [-0.2, 0) is 54.8 Å². The molecule has 298 valence electrons. The van der Waals surface area contributed by atoms with Gasteiger partial charge < -0.3 is 15.7 Å². The molecule has 0 radical (unpaired) electrons. The Morgan fingerprint density at radius 2 is 1.30 bits per heavy atom. The highest BCUT2D eigenvalue weighted by Gasteiger charge is 2.26. The highest BCUT2D eigenvalue weighted by atomic mass is 35.5. The van der Waals surface area contributed by atoms with E-state index in [9.17, 15) is 60.9 Å². The van der Waals surface area contributed by atoms with E-state index in [0.29, 0.717) is 6.07 Å². The van der Waals surface area contributed by atoms with Crippen molar-refractivity contribution in [3.8, 4) is 5.75 Å². The number of phenols is 1. The molecule has 23 nitrogen and oxygen atoms in total. The Kier molecular flexibility index (Phi) is 11.7. The molecule has 0 fully saturated rings. The summed E-state index contributed by atoms with van der Waals surface area (Å²) in [6.45, 7) is -0.951. The predicted molar refractivity (Wildman–Crippen MR) is 193 cm³/mol. The van der Waals surface area contributed by atoms with E-state index in [1.54, 1.807) is 0 Å². The quantitative estimate of drug-likeness (QED) is 0.0618. The van der Waals surface area contributed by atoms with Gasteiger partial charge in [0, 0.05) is 11.1 Å². The molecule has 0 saturated heterocycles. The maximum atomic E-state index is 12.7. The molecule has 29 heteroatoms. The van der Waals surface area contributed by atoms with Crippen LogP contribution in [-0.4, -0.2) is 92.7 Å². The maximum absolute atomic E-state index is 12.7. The third kappa shape index (κ3) is 10.4. The first-order valence-electron chi connectivity index (χ1n) is 14.5. The number of hydrogen-bond acceptors (Lipinski definition) is 19. The Hall–Kier alpha value is -5.01. The van der Waals surface area contributed by atoms with Gasteiger partial charge >= 0.3 is 10.4 Å². The van der Waals surface area contributed by atoms with E-state index in [2.05, 4.69) is 40.0 Å². The van der Waals surface area contributed by atoms with Gasteiger partial charge in [-0.25, -0.2) is 12.6 Å². The van der Waals surface area contributed by atoms with Crippen LogP contribution in [0.25, 0.3) is 10.8 Å². The van der Waals surface area contributed by atoms with Crippen molar-refractivity contribution in [1.29, 1.82) is 0 Å². The number of hydrogen-bond donors (Lipinski definition) is 7. The van der Waals surface area contributed by atoms with Crippen molar-refractivity contribution in [2.45, 2.75) is 19.6 Å². The molecule has 4 aromatic carbocycles. The number of aromatic hydroxyl groups is 1. The molecule has 0 aliphatic carbocycles. The van der Waals surface area contributed by atoms with Gasteiger partial charge in [0.2, 0.25) is 17.2 Å². The molecule has 7 N–H and O–H groups in total. The van der Waals surface area contributed by atoms with Crippen LogP contribution < -0.4 is 10.6 Å². The molecule has 0 aliphatic heterocycles. The van der Waals surface area contributed by atoms with Crippen LogP contribution in [0.2, 0.25) is 5.28 Å². The van der Waals surface area contributed by atoms with E-state index in [1.807, 2.05) is 0 Å². The van der Waals surface area contributed by atoms with Crippen LogP contribution in [0, 0.1) is 0 Å². The Labute approximate surface area is 321 Å². The minimum absolute atomic E-state index is 0.184. The summed E-state index contributed by atoms with van der Waals surface area (Å²) in [7, 11) is -24.1. The van der Waals surface area contributed by atoms with E-state index < -0.39 is 122 Å². The van der Waals surface area contributed by atoms with Crippen LogP contribution in [0.3, 0.4) is 0 Å². The molecule has 56 heavy (non-hydrogen) atoms. The normalized spacial score (nSPS) is 12.9. The third-order valence-corrected chi connectivity index (χ3v) is 11.9. The van der Waals surface area contributed by atoms with Crippen LogP contribution in [0.1, 0.15) is 0 Å². The van der Waals surface area contributed by atoms with Crippen LogP contribution in [0.15, 0.2) is 96.5 Å². The minimum Gasteiger partial charge on any atom is -0.505 e. The van der Waals surface area contributed by atoms with Crippen LogP contribution >= 0.6 is 11.6 Å². The van der Waals surface area contributed by atoms with Gasteiger partial charge in [0.05, 0.1) is 38.4 Å². The Morgan fingerprint density at radius 1 is 0.679 bits per heavy atom. The monoisotopic (exact) mass is 895 g/mol. The first-order valence-corrected chi connectivity index (χ1v) is 22.2. The standard InChI is InChI=1S/C27H22ClN7O16S5/c28-25-31-26(29-15-4-6-17(7-5-15)53(39,40)41)33-27(32-25)30-20-13-19(54(42,43)44)10-14-11-21(55(45,46)47)23(24(36)22(14)20)35-34-16-2-1-3-18(12-16)52(37,38)9-8-51-56(48,49)50/h1-7,10-13,36H,8-9H2,(H,39,40,41)(H,42,43,44)(H,45,46,47)(H,48,49,50)(H2,29,30,31,32,33). The summed E-state index contributed by atoms with van der Waals surface area (Å²) in [5, 5.41) is 22.8. The number of sulfone groups is 1. The van der Waals surface area contributed by atoms with E-state index in [4.69, 9.17) is 16.2 Å². The van der Waals surface area contributed by atoms with Crippen molar-refractivity contribution < 1.29 is 69.6 Å². The van der Waals surface area contributed by atoms with Gasteiger partial charge in [-0.1, -0.05) is 6.07 Å². The average molecular weight is 896 g/mol. The number of phenolic OH excluding ortho intramolecular Hbond substituents is 1. The van der Waals surface area contributed by atoms with Crippen molar-refractivity contribution in [2.24, 2.45) is 10.2 Å². The molecule has 0 amide bonds. The smallest absolute Gasteiger partial charge is 0.397 e. The number of halogens is 1. The van der Waals surface area contributed by atoms with Gasteiger partial charge in [-0.3, -0.25) is 18.2 Å². The molecule has 0 aliphatic rings. The van der Waals surface area contributed by atoms with Gasteiger partial charge in [0.15, 0.2) is 15.6 Å². The topological polar surface area (TPSA) is 369 Å². The molecular formula is C27H22ClN7O16S5. The van der Waals surface area contributed by atoms with Crippen molar-refractivity contribution in [1.82, 2.24) is 15.0 Å². The molecule has 1 heterocycles. The lowest BCUT2D eigenvalue weighted by Gasteiger charge is -2.15. The molecule has 5 rings (SSSR count). The van der Waals surface area contributed by atoms with E-state index in [1.165, 1.54) is 24.3 Å². The number of benzene rings is 4. The summed E-state index contributed by atoms with van der Waals surface area (Å²) in [5.74, 6) is -2.74. The summed E-state index contributed by atoms with van der Waals surface area (Å²) < 4.78 is 161. The van der Waals surface area contributed by atoms with Gasteiger partial charge in [0.25, 0.3) is 30.4 Å². The van der Waals surface area contributed by atoms with Crippen LogP contribution in [0.5, 0.6) is 5.75 Å². The summed E-state index contributed by atoms with van der Waals surface area (Å²) in [4.78, 5) is 8.94. The number of rotatable bonds is 14. The number of aromatic nitrogens is 3. The van der Waals surface area contributed by atoms with Crippen molar-refractivity contribution >= 4 is 108 Å². The fraction of sp³-hybridized carbons (Fsp3) is 0.0741. The van der Waals surface area contributed by atoms with Crippen LogP contribution in [0.4, 0.5) is 34.6 Å². The van der Waals surface area contributed by atoms with Gasteiger partial charge in [-0.2, -0.15) is 53.7 Å². The Bertz CT molecular complexity index is 2990. The molecule has 0 atom stereocenters. The lowest BCUT2D eigenvalue weighted by Crippen LogP contribution is -2.15. The lowest BCUT2D eigenvalue weighted by atomic mass is 10.1. The average Bonchev–Trinajstić information content (AvgIpc) is 3.05. The van der Waals surface area contributed by atoms with Crippen molar-refractivity contribution in [2.75, 3.05) is 23.0 Å². The summed E-state index contributed by atoms with van der Waals surface area (Å²) in [6.07, 6.45) is 0. The number of azo groups is 1. The minimum atomic E-state index is -5.31.